The van der Waals surface area contributed by atoms with E-state index in [0.717, 1.165) is 30.7 Å². The molecule has 0 amide bonds. The number of nitrogens with zero attached hydrogens (tertiary/aromatic N) is 1. The van der Waals surface area contributed by atoms with Crippen molar-refractivity contribution in [2.75, 3.05) is 25.1 Å². The summed E-state index contributed by atoms with van der Waals surface area (Å²) < 4.78 is 5.33. The molecule has 1 aromatic heterocycles. The second-order valence-electron chi connectivity index (χ2n) is 3.96. The number of aromatic nitrogens is 2. The van der Waals surface area contributed by atoms with E-state index in [9.17, 15) is 0 Å². The van der Waals surface area contributed by atoms with Gasteiger partial charge in [-0.05, 0) is 18.6 Å². The average molecular weight is 277 g/mol. The van der Waals surface area contributed by atoms with E-state index < -0.39 is 0 Å². The molecule has 5 heteroatoms. The number of hydrogen-bond acceptors (Lipinski definition) is 4. The van der Waals surface area contributed by atoms with E-state index in [0.29, 0.717) is 0 Å². The molecular formula is C14H19N3OS. The third-order valence-corrected chi connectivity index (χ3v) is 3.57. The van der Waals surface area contributed by atoms with Crippen LogP contribution in [0.4, 0.5) is 5.69 Å². The van der Waals surface area contributed by atoms with Gasteiger partial charge in [-0.25, -0.2) is 4.98 Å². The molecule has 0 aliphatic heterocycles. The first kappa shape index (κ1) is 14.0. The van der Waals surface area contributed by atoms with Gasteiger partial charge >= 0.3 is 0 Å². The molecule has 102 valence electrons. The van der Waals surface area contributed by atoms with Crippen LogP contribution in [0, 0.1) is 0 Å². The summed E-state index contributed by atoms with van der Waals surface area (Å²) in [5.74, 6) is 0.894. The van der Waals surface area contributed by atoms with E-state index >= 15 is 0 Å². The van der Waals surface area contributed by atoms with Crippen LogP contribution in [0.1, 0.15) is 12.5 Å². The Bertz CT molecular complexity index is 473. The minimum Gasteiger partial charge on any atom is -0.382 e. The van der Waals surface area contributed by atoms with Crippen molar-refractivity contribution in [1.82, 2.24) is 9.97 Å². The Morgan fingerprint density at radius 1 is 1.37 bits per heavy atom. The second-order valence-corrected chi connectivity index (χ2v) is 4.93. The highest BCUT2D eigenvalue weighted by Crippen LogP contribution is 2.24. The molecule has 0 saturated heterocycles. The highest BCUT2D eigenvalue weighted by Gasteiger charge is 2.03. The van der Waals surface area contributed by atoms with Crippen LogP contribution in [-0.4, -0.2) is 29.7 Å². The molecule has 1 heterocycles. The van der Waals surface area contributed by atoms with Crippen LogP contribution < -0.4 is 5.32 Å². The van der Waals surface area contributed by atoms with E-state index in [-0.39, 0.29) is 0 Å². The molecule has 4 nitrogen and oxygen atoms in total. The minimum atomic E-state index is 0.732. The summed E-state index contributed by atoms with van der Waals surface area (Å²) in [6.07, 6.45) is 3.61. The highest BCUT2D eigenvalue weighted by atomic mass is 32.2. The Kier molecular flexibility index (Phi) is 5.78. The third-order valence-electron chi connectivity index (χ3n) is 2.62. The Morgan fingerprint density at radius 2 is 2.26 bits per heavy atom. The zero-order chi connectivity index (χ0) is 13.3. The van der Waals surface area contributed by atoms with Crippen molar-refractivity contribution in [2.45, 2.75) is 17.8 Å². The van der Waals surface area contributed by atoms with Crippen LogP contribution in [0.15, 0.2) is 41.8 Å². The van der Waals surface area contributed by atoms with Gasteiger partial charge in [0.05, 0.1) is 6.61 Å². The molecule has 0 unspecified atom stereocenters. The van der Waals surface area contributed by atoms with Gasteiger partial charge in [-0.15, -0.1) is 0 Å². The summed E-state index contributed by atoms with van der Waals surface area (Å²) in [5, 5.41) is 4.36. The smallest absolute Gasteiger partial charge is 0.165 e. The maximum Gasteiger partial charge on any atom is 0.165 e. The predicted molar refractivity (Wildman–Crippen MR) is 79.6 cm³/mol. The van der Waals surface area contributed by atoms with Crippen molar-refractivity contribution >= 4 is 17.4 Å². The SMILES string of the molecule is CCOCCNc1ccccc1CSc1ncc[nH]1. The van der Waals surface area contributed by atoms with E-state index in [1.54, 1.807) is 18.0 Å². The van der Waals surface area contributed by atoms with E-state index in [1.165, 1.54) is 11.3 Å². The lowest BCUT2D eigenvalue weighted by atomic mass is 10.2. The number of anilines is 1. The summed E-state index contributed by atoms with van der Waals surface area (Å²) in [6.45, 7) is 4.33. The number of nitrogens with one attached hydrogen (secondary N) is 2. The molecule has 0 fully saturated rings. The zero-order valence-electron chi connectivity index (χ0n) is 11.1. The number of para-hydroxylation sites is 1. The maximum atomic E-state index is 5.33. The maximum absolute atomic E-state index is 5.33. The monoisotopic (exact) mass is 277 g/mol. The fourth-order valence-corrected chi connectivity index (χ4v) is 2.53. The number of rotatable bonds is 8. The first-order valence-corrected chi connectivity index (χ1v) is 7.40. The summed E-state index contributed by atoms with van der Waals surface area (Å²) in [6, 6.07) is 8.35. The predicted octanol–water partition coefficient (Wildman–Crippen LogP) is 3.15. The van der Waals surface area contributed by atoms with Crippen LogP contribution in [0.3, 0.4) is 0 Å². The van der Waals surface area contributed by atoms with Gasteiger partial charge in [0.2, 0.25) is 0 Å². The highest BCUT2D eigenvalue weighted by molar-refractivity contribution is 7.98. The molecule has 0 radical (unpaired) electrons. The Balaban J connectivity index is 1.88. The van der Waals surface area contributed by atoms with Crippen molar-refractivity contribution in [3.8, 4) is 0 Å². The molecule has 2 aromatic rings. The summed E-state index contributed by atoms with van der Waals surface area (Å²) in [7, 11) is 0. The van der Waals surface area contributed by atoms with Gasteiger partial charge in [0.1, 0.15) is 0 Å². The van der Waals surface area contributed by atoms with Crippen LogP contribution in [0.2, 0.25) is 0 Å². The average Bonchev–Trinajstić information content (AvgIpc) is 2.96. The lowest BCUT2D eigenvalue weighted by molar-refractivity contribution is 0.158. The molecule has 0 aliphatic carbocycles. The van der Waals surface area contributed by atoms with Gasteiger partial charge in [-0.2, -0.15) is 0 Å². The molecule has 0 aliphatic rings. The number of benzene rings is 1. The van der Waals surface area contributed by atoms with Gasteiger partial charge < -0.3 is 15.0 Å². The van der Waals surface area contributed by atoms with E-state index in [4.69, 9.17) is 4.74 Å². The molecule has 1 aromatic carbocycles. The molecule has 0 spiro atoms. The van der Waals surface area contributed by atoms with Crippen molar-refractivity contribution in [1.29, 1.82) is 0 Å². The zero-order valence-corrected chi connectivity index (χ0v) is 11.9. The minimum absolute atomic E-state index is 0.732. The number of aromatic amines is 1. The molecule has 0 atom stereocenters. The van der Waals surface area contributed by atoms with Crippen molar-refractivity contribution in [2.24, 2.45) is 0 Å². The summed E-state index contributed by atoms with van der Waals surface area (Å²) in [5.41, 5.74) is 2.45. The van der Waals surface area contributed by atoms with E-state index in [1.807, 2.05) is 19.2 Å². The molecule has 2 N–H and O–H groups in total. The fourth-order valence-electron chi connectivity index (χ4n) is 1.70. The lowest BCUT2D eigenvalue weighted by Gasteiger charge is -2.11. The third kappa shape index (κ3) is 4.61. The van der Waals surface area contributed by atoms with E-state index in [2.05, 4.69) is 33.5 Å². The molecule has 2 rings (SSSR count). The Morgan fingerprint density at radius 3 is 3.05 bits per heavy atom. The number of hydrogen-bond donors (Lipinski definition) is 2. The van der Waals surface area contributed by atoms with Gasteiger partial charge in [-0.3, -0.25) is 0 Å². The van der Waals surface area contributed by atoms with Crippen molar-refractivity contribution in [3.05, 3.63) is 42.2 Å². The lowest BCUT2D eigenvalue weighted by Crippen LogP contribution is -2.10. The largest absolute Gasteiger partial charge is 0.382 e. The summed E-state index contributed by atoms with van der Waals surface area (Å²) in [4.78, 5) is 7.31. The van der Waals surface area contributed by atoms with Gasteiger partial charge in [0.15, 0.2) is 5.16 Å². The molecular weight excluding hydrogens is 258 g/mol. The Labute approximate surface area is 118 Å². The Hall–Kier alpha value is -1.46. The van der Waals surface area contributed by atoms with Crippen LogP contribution in [-0.2, 0) is 10.5 Å². The fraction of sp³-hybridized carbons (Fsp3) is 0.357. The molecule has 0 bridgehead atoms. The number of thioether (sulfide) groups is 1. The first-order valence-electron chi connectivity index (χ1n) is 6.42. The normalized spacial score (nSPS) is 10.6. The van der Waals surface area contributed by atoms with Crippen LogP contribution in [0.25, 0.3) is 0 Å². The van der Waals surface area contributed by atoms with Crippen LogP contribution in [0.5, 0.6) is 0 Å². The standard InChI is InChI=1S/C14H19N3OS/c1-2-18-10-9-15-13-6-4-3-5-12(13)11-19-14-16-7-8-17-14/h3-8,15H,2,9-11H2,1H3,(H,16,17). The van der Waals surface area contributed by atoms with Crippen molar-refractivity contribution in [3.63, 3.8) is 0 Å². The van der Waals surface area contributed by atoms with Gasteiger partial charge in [0, 0.05) is 37.0 Å². The molecule has 19 heavy (non-hydrogen) atoms. The van der Waals surface area contributed by atoms with Crippen molar-refractivity contribution < 1.29 is 4.74 Å². The number of H-pyrrole nitrogens is 1. The number of ether oxygens (including phenoxy) is 1. The second kappa shape index (κ2) is 7.86. The molecule has 0 saturated carbocycles. The van der Waals surface area contributed by atoms with Gasteiger partial charge in [0.25, 0.3) is 0 Å². The summed E-state index contributed by atoms with van der Waals surface area (Å²) >= 11 is 1.70. The topological polar surface area (TPSA) is 49.9 Å². The van der Waals surface area contributed by atoms with Crippen LogP contribution >= 0.6 is 11.8 Å². The quantitative estimate of drug-likeness (QED) is 0.575. The number of imidazole rings is 1. The van der Waals surface area contributed by atoms with Gasteiger partial charge in [-0.1, -0.05) is 30.0 Å². The first-order chi connectivity index (χ1) is 9.40.